The van der Waals surface area contributed by atoms with E-state index in [9.17, 15) is 9.59 Å². The van der Waals surface area contributed by atoms with Crippen LogP contribution in [0.1, 0.15) is 31.4 Å². The molecule has 0 fully saturated rings. The highest BCUT2D eigenvalue weighted by Crippen LogP contribution is 2.19. The number of aryl methyl sites for hydroxylation is 2. The van der Waals surface area contributed by atoms with Crippen molar-refractivity contribution in [3.05, 3.63) is 29.3 Å². The van der Waals surface area contributed by atoms with Gasteiger partial charge in [0.25, 0.3) is 0 Å². The van der Waals surface area contributed by atoms with Crippen LogP contribution in [-0.4, -0.2) is 31.5 Å². The van der Waals surface area contributed by atoms with Crippen molar-refractivity contribution in [2.75, 3.05) is 19.7 Å². The van der Waals surface area contributed by atoms with Crippen molar-refractivity contribution in [1.29, 1.82) is 0 Å². The maximum atomic E-state index is 11.7. The number of hydrogen-bond acceptors (Lipinski definition) is 3. The molecule has 0 heterocycles. The molecule has 22 heavy (non-hydrogen) atoms. The molecule has 0 radical (unpaired) electrons. The van der Waals surface area contributed by atoms with Crippen molar-refractivity contribution in [1.82, 2.24) is 10.6 Å². The van der Waals surface area contributed by atoms with Crippen LogP contribution >= 0.6 is 0 Å². The van der Waals surface area contributed by atoms with Crippen molar-refractivity contribution >= 4 is 11.8 Å². The molecule has 0 aliphatic carbocycles. The quantitative estimate of drug-likeness (QED) is 0.722. The predicted molar refractivity (Wildman–Crippen MR) is 86.9 cm³/mol. The van der Waals surface area contributed by atoms with E-state index in [1.807, 2.05) is 45.9 Å². The number of amides is 2. The summed E-state index contributed by atoms with van der Waals surface area (Å²) >= 11 is 0. The highest BCUT2D eigenvalue weighted by Gasteiger charge is 2.06. The van der Waals surface area contributed by atoms with Crippen molar-refractivity contribution < 1.29 is 14.3 Å². The van der Waals surface area contributed by atoms with Crippen molar-refractivity contribution in [3.63, 3.8) is 0 Å². The minimum absolute atomic E-state index is 0.00694. The van der Waals surface area contributed by atoms with Gasteiger partial charge < -0.3 is 15.4 Å². The first-order valence-corrected chi connectivity index (χ1v) is 7.64. The van der Waals surface area contributed by atoms with E-state index < -0.39 is 0 Å². The molecule has 5 nitrogen and oxygen atoms in total. The molecule has 0 bridgehead atoms. The Hall–Kier alpha value is -2.04. The van der Waals surface area contributed by atoms with Gasteiger partial charge in [0.2, 0.25) is 11.8 Å². The molecule has 1 aromatic carbocycles. The molecule has 0 saturated heterocycles. The molecule has 0 aliphatic rings. The third kappa shape index (κ3) is 6.61. The van der Waals surface area contributed by atoms with Gasteiger partial charge in [-0.15, -0.1) is 0 Å². The maximum Gasteiger partial charge on any atom is 0.223 e. The average molecular weight is 306 g/mol. The van der Waals surface area contributed by atoms with Gasteiger partial charge in [-0.05, 0) is 31.0 Å². The van der Waals surface area contributed by atoms with Crippen LogP contribution in [0.4, 0.5) is 0 Å². The Morgan fingerprint density at radius 1 is 1.14 bits per heavy atom. The average Bonchev–Trinajstić information content (AvgIpc) is 2.46. The van der Waals surface area contributed by atoms with Gasteiger partial charge in [0.1, 0.15) is 5.75 Å². The molecule has 5 heteroatoms. The Morgan fingerprint density at radius 3 is 2.50 bits per heavy atom. The first-order chi connectivity index (χ1) is 10.4. The summed E-state index contributed by atoms with van der Waals surface area (Å²) in [7, 11) is 0. The summed E-state index contributed by atoms with van der Waals surface area (Å²) in [4.78, 5) is 23.0. The Balaban J connectivity index is 2.18. The lowest BCUT2D eigenvalue weighted by Gasteiger charge is -2.11. The zero-order valence-electron chi connectivity index (χ0n) is 13.9. The molecule has 0 aliphatic heterocycles. The molecule has 1 aromatic rings. The molecule has 0 unspecified atom stereocenters. The van der Waals surface area contributed by atoms with Crippen LogP contribution in [0.2, 0.25) is 0 Å². The van der Waals surface area contributed by atoms with Gasteiger partial charge in [-0.3, -0.25) is 9.59 Å². The third-order valence-electron chi connectivity index (χ3n) is 3.20. The number of carbonyl (C=O) groups is 2. The maximum absolute atomic E-state index is 11.7. The standard InChI is InChI=1S/C17H26N2O3/c1-12(2)17(21)19-9-8-18-16(20)7-10-22-15-11-13(3)5-6-14(15)4/h5-6,11-12H,7-10H2,1-4H3,(H,18,20)(H,19,21). The number of carbonyl (C=O) groups excluding carboxylic acids is 2. The fraction of sp³-hybridized carbons (Fsp3) is 0.529. The molecule has 0 atom stereocenters. The molecular weight excluding hydrogens is 280 g/mol. The van der Waals surface area contributed by atoms with Crippen LogP contribution in [0.25, 0.3) is 0 Å². The van der Waals surface area contributed by atoms with Gasteiger partial charge in [0.05, 0.1) is 13.0 Å². The van der Waals surface area contributed by atoms with E-state index in [0.717, 1.165) is 16.9 Å². The highest BCUT2D eigenvalue weighted by molar-refractivity contribution is 5.78. The highest BCUT2D eigenvalue weighted by atomic mass is 16.5. The van der Waals surface area contributed by atoms with E-state index in [4.69, 9.17) is 4.74 Å². The molecular formula is C17H26N2O3. The topological polar surface area (TPSA) is 67.4 Å². The second-order valence-corrected chi connectivity index (χ2v) is 5.66. The molecule has 0 spiro atoms. The molecule has 0 aromatic heterocycles. The Morgan fingerprint density at radius 2 is 1.82 bits per heavy atom. The second kappa shape index (κ2) is 9.07. The van der Waals surface area contributed by atoms with Crippen LogP contribution in [0.15, 0.2) is 18.2 Å². The Bertz CT molecular complexity index is 513. The van der Waals surface area contributed by atoms with Gasteiger partial charge in [-0.25, -0.2) is 0 Å². The van der Waals surface area contributed by atoms with E-state index in [-0.39, 0.29) is 17.7 Å². The molecule has 1 rings (SSSR count). The number of hydrogen-bond donors (Lipinski definition) is 2. The van der Waals surface area contributed by atoms with E-state index in [0.29, 0.717) is 26.1 Å². The summed E-state index contributed by atoms with van der Waals surface area (Å²) in [6.45, 7) is 8.86. The fourth-order valence-electron chi connectivity index (χ4n) is 1.80. The van der Waals surface area contributed by atoms with Crippen LogP contribution in [0, 0.1) is 19.8 Å². The molecule has 2 amide bonds. The van der Waals surface area contributed by atoms with Crippen molar-refractivity contribution in [2.24, 2.45) is 5.92 Å². The normalized spacial score (nSPS) is 10.4. The lowest BCUT2D eigenvalue weighted by Crippen LogP contribution is -2.36. The number of benzene rings is 1. The minimum Gasteiger partial charge on any atom is -0.493 e. The smallest absolute Gasteiger partial charge is 0.223 e. The van der Waals surface area contributed by atoms with Crippen LogP contribution in [-0.2, 0) is 9.59 Å². The van der Waals surface area contributed by atoms with Gasteiger partial charge in [0, 0.05) is 19.0 Å². The van der Waals surface area contributed by atoms with Gasteiger partial charge >= 0.3 is 0 Å². The SMILES string of the molecule is Cc1ccc(C)c(OCCC(=O)NCCNC(=O)C(C)C)c1. The lowest BCUT2D eigenvalue weighted by molar-refractivity contribution is -0.124. The van der Waals surface area contributed by atoms with E-state index in [1.165, 1.54) is 0 Å². The van der Waals surface area contributed by atoms with Crippen LogP contribution in [0.3, 0.4) is 0 Å². The van der Waals surface area contributed by atoms with E-state index >= 15 is 0 Å². The third-order valence-corrected chi connectivity index (χ3v) is 3.20. The molecule has 122 valence electrons. The summed E-state index contributed by atoms with van der Waals surface area (Å²) in [6, 6.07) is 6.00. The van der Waals surface area contributed by atoms with Crippen LogP contribution < -0.4 is 15.4 Å². The first kappa shape index (κ1) is 18.0. The summed E-state index contributed by atoms with van der Waals surface area (Å²) in [5.74, 6) is 0.690. The number of nitrogens with one attached hydrogen (secondary N) is 2. The van der Waals surface area contributed by atoms with Gasteiger partial charge in [-0.1, -0.05) is 26.0 Å². The monoisotopic (exact) mass is 306 g/mol. The van der Waals surface area contributed by atoms with Crippen molar-refractivity contribution in [2.45, 2.75) is 34.1 Å². The first-order valence-electron chi connectivity index (χ1n) is 7.64. The fourth-order valence-corrected chi connectivity index (χ4v) is 1.80. The van der Waals surface area contributed by atoms with Crippen molar-refractivity contribution in [3.8, 4) is 5.75 Å². The molecule has 2 N–H and O–H groups in total. The summed E-state index contributed by atoms with van der Waals surface area (Å²) in [6.07, 6.45) is 0.297. The van der Waals surface area contributed by atoms with E-state index in [1.54, 1.807) is 0 Å². The zero-order valence-corrected chi connectivity index (χ0v) is 13.9. The number of rotatable bonds is 8. The van der Waals surface area contributed by atoms with Crippen LogP contribution in [0.5, 0.6) is 5.75 Å². The second-order valence-electron chi connectivity index (χ2n) is 5.66. The molecule has 0 saturated carbocycles. The lowest BCUT2D eigenvalue weighted by atomic mass is 10.1. The Labute approximate surface area is 132 Å². The predicted octanol–water partition coefficient (Wildman–Crippen LogP) is 1.96. The van der Waals surface area contributed by atoms with Gasteiger partial charge in [-0.2, -0.15) is 0 Å². The van der Waals surface area contributed by atoms with E-state index in [2.05, 4.69) is 10.6 Å². The van der Waals surface area contributed by atoms with Gasteiger partial charge in [0.15, 0.2) is 0 Å². The summed E-state index contributed by atoms with van der Waals surface area (Å²) in [5, 5.41) is 5.50. The summed E-state index contributed by atoms with van der Waals surface area (Å²) in [5.41, 5.74) is 2.19. The minimum atomic E-state index is -0.0795. The number of ether oxygens (including phenoxy) is 1. The summed E-state index contributed by atoms with van der Waals surface area (Å²) < 4.78 is 5.63. The largest absolute Gasteiger partial charge is 0.493 e. The zero-order chi connectivity index (χ0) is 16.5. The Kier molecular flexibility index (Phi) is 7.43.